The Morgan fingerprint density at radius 1 is 1.06 bits per heavy atom. The van der Waals surface area contributed by atoms with Crippen molar-refractivity contribution in [2.75, 3.05) is 37.1 Å². The summed E-state index contributed by atoms with van der Waals surface area (Å²) in [5.74, 6) is -2.01. The van der Waals surface area contributed by atoms with E-state index in [4.69, 9.17) is 14.2 Å². The zero-order chi connectivity index (χ0) is 23.8. The smallest absolute Gasteiger partial charge is 0.338 e. The number of ether oxygens (including phenoxy) is 3. The van der Waals surface area contributed by atoms with Crippen LogP contribution in [0.2, 0.25) is 0 Å². The monoisotopic (exact) mass is 454 g/mol. The van der Waals surface area contributed by atoms with Crippen molar-refractivity contribution in [1.29, 1.82) is 0 Å². The van der Waals surface area contributed by atoms with E-state index in [0.29, 0.717) is 29.3 Å². The lowest BCUT2D eigenvalue weighted by Gasteiger charge is -2.17. The van der Waals surface area contributed by atoms with Gasteiger partial charge in [0.25, 0.3) is 5.91 Å². The van der Waals surface area contributed by atoms with Crippen LogP contribution in [0, 0.1) is 5.92 Å². The number of anilines is 2. The van der Waals surface area contributed by atoms with E-state index >= 15 is 0 Å². The second-order valence-corrected chi connectivity index (χ2v) is 7.44. The van der Waals surface area contributed by atoms with Crippen molar-refractivity contribution in [2.45, 2.75) is 19.8 Å². The van der Waals surface area contributed by atoms with Gasteiger partial charge in [-0.1, -0.05) is 19.1 Å². The average Bonchev–Trinajstić information content (AvgIpc) is 3.23. The van der Waals surface area contributed by atoms with Crippen LogP contribution in [0.4, 0.5) is 11.4 Å². The Morgan fingerprint density at radius 2 is 1.79 bits per heavy atom. The molecule has 1 aliphatic heterocycles. The van der Waals surface area contributed by atoms with E-state index in [1.807, 2.05) is 6.92 Å². The Balaban J connectivity index is 1.52. The molecule has 1 fully saturated rings. The SMILES string of the molecule is CCCOC(=O)c1ccc(N2CC(C(=O)OCC(=O)Nc3ccccc3OC)CC2=O)cc1. The Labute approximate surface area is 191 Å². The van der Waals surface area contributed by atoms with E-state index in [1.54, 1.807) is 48.5 Å². The number of benzene rings is 2. The minimum Gasteiger partial charge on any atom is -0.495 e. The zero-order valence-electron chi connectivity index (χ0n) is 18.5. The lowest BCUT2D eigenvalue weighted by atomic mass is 10.1. The topological polar surface area (TPSA) is 111 Å². The van der Waals surface area contributed by atoms with Gasteiger partial charge in [-0.3, -0.25) is 14.4 Å². The van der Waals surface area contributed by atoms with Gasteiger partial charge in [0.1, 0.15) is 5.75 Å². The molecule has 9 nitrogen and oxygen atoms in total. The fourth-order valence-corrected chi connectivity index (χ4v) is 3.36. The highest BCUT2D eigenvalue weighted by molar-refractivity contribution is 6.00. The summed E-state index contributed by atoms with van der Waals surface area (Å²) in [7, 11) is 1.49. The van der Waals surface area contributed by atoms with E-state index in [2.05, 4.69) is 5.32 Å². The molecule has 0 spiro atoms. The molecule has 174 valence electrons. The minimum absolute atomic E-state index is 0.0206. The van der Waals surface area contributed by atoms with Crippen molar-refractivity contribution in [3.63, 3.8) is 0 Å². The van der Waals surface area contributed by atoms with Crippen LogP contribution in [0.25, 0.3) is 0 Å². The zero-order valence-corrected chi connectivity index (χ0v) is 18.5. The molecule has 2 amide bonds. The maximum absolute atomic E-state index is 12.4. The van der Waals surface area contributed by atoms with Gasteiger partial charge < -0.3 is 24.4 Å². The number of hydrogen-bond acceptors (Lipinski definition) is 7. The molecule has 9 heteroatoms. The molecular formula is C24H26N2O7. The Morgan fingerprint density at radius 3 is 2.48 bits per heavy atom. The number of carbonyl (C=O) groups excluding carboxylic acids is 4. The standard InChI is InChI=1S/C24H26N2O7/c1-3-12-32-23(29)16-8-10-18(11-9-16)26-14-17(13-22(26)28)24(30)33-15-21(27)25-19-6-4-5-7-20(19)31-2/h4-11,17H,3,12-15H2,1-2H3,(H,25,27). The van der Waals surface area contributed by atoms with Gasteiger partial charge in [0, 0.05) is 18.7 Å². The highest BCUT2D eigenvalue weighted by Gasteiger charge is 2.36. The molecule has 0 bridgehead atoms. The van der Waals surface area contributed by atoms with Gasteiger partial charge in [0.2, 0.25) is 5.91 Å². The molecular weight excluding hydrogens is 428 g/mol. The highest BCUT2D eigenvalue weighted by atomic mass is 16.5. The normalized spacial score (nSPS) is 15.2. The number of esters is 2. The first-order chi connectivity index (χ1) is 15.9. The number of amides is 2. The number of methoxy groups -OCH3 is 1. The molecule has 0 aromatic heterocycles. The third kappa shape index (κ3) is 6.09. The average molecular weight is 454 g/mol. The molecule has 1 aliphatic rings. The first-order valence-electron chi connectivity index (χ1n) is 10.6. The molecule has 0 saturated carbocycles. The fraction of sp³-hybridized carbons (Fsp3) is 0.333. The van der Waals surface area contributed by atoms with Crippen molar-refractivity contribution in [3.05, 3.63) is 54.1 Å². The third-order valence-corrected chi connectivity index (χ3v) is 5.04. The van der Waals surface area contributed by atoms with Crippen LogP contribution < -0.4 is 15.0 Å². The largest absolute Gasteiger partial charge is 0.495 e. The van der Waals surface area contributed by atoms with E-state index in [0.717, 1.165) is 6.42 Å². The molecule has 0 aliphatic carbocycles. The second kappa shape index (κ2) is 11.1. The summed E-state index contributed by atoms with van der Waals surface area (Å²) in [5.41, 5.74) is 1.41. The van der Waals surface area contributed by atoms with Gasteiger partial charge in [0.05, 0.1) is 30.9 Å². The van der Waals surface area contributed by atoms with Crippen LogP contribution >= 0.6 is 0 Å². The maximum Gasteiger partial charge on any atom is 0.338 e. The summed E-state index contributed by atoms with van der Waals surface area (Å²) >= 11 is 0. The van der Waals surface area contributed by atoms with Crippen LogP contribution in [-0.2, 0) is 23.9 Å². The minimum atomic E-state index is -0.689. The highest BCUT2D eigenvalue weighted by Crippen LogP contribution is 2.27. The van der Waals surface area contributed by atoms with Crippen molar-refractivity contribution in [2.24, 2.45) is 5.92 Å². The van der Waals surface area contributed by atoms with Crippen LogP contribution in [0.15, 0.2) is 48.5 Å². The number of rotatable bonds is 9. The van der Waals surface area contributed by atoms with Crippen LogP contribution in [-0.4, -0.2) is 50.6 Å². The molecule has 33 heavy (non-hydrogen) atoms. The molecule has 1 N–H and O–H groups in total. The van der Waals surface area contributed by atoms with Crippen LogP contribution in [0.1, 0.15) is 30.1 Å². The number of nitrogens with one attached hydrogen (secondary N) is 1. The second-order valence-electron chi connectivity index (χ2n) is 7.44. The molecule has 1 saturated heterocycles. The summed E-state index contributed by atoms with van der Waals surface area (Å²) in [6.07, 6.45) is 0.707. The lowest BCUT2D eigenvalue weighted by Crippen LogP contribution is -2.28. The van der Waals surface area contributed by atoms with Crippen molar-refractivity contribution in [1.82, 2.24) is 0 Å². The number of nitrogens with zero attached hydrogens (tertiary/aromatic N) is 1. The molecule has 2 aromatic rings. The number of carbonyl (C=O) groups is 4. The summed E-state index contributed by atoms with van der Waals surface area (Å²) in [6, 6.07) is 13.3. The fourth-order valence-electron chi connectivity index (χ4n) is 3.36. The summed E-state index contributed by atoms with van der Waals surface area (Å²) < 4.78 is 15.4. The van der Waals surface area contributed by atoms with Crippen molar-refractivity contribution >= 4 is 35.1 Å². The molecule has 0 radical (unpaired) electrons. The van der Waals surface area contributed by atoms with Crippen molar-refractivity contribution in [3.8, 4) is 5.75 Å². The maximum atomic E-state index is 12.4. The number of para-hydroxylation sites is 2. The molecule has 1 atom stereocenters. The molecule has 2 aromatic carbocycles. The van der Waals surface area contributed by atoms with Gasteiger partial charge in [-0.05, 0) is 42.8 Å². The lowest BCUT2D eigenvalue weighted by molar-refractivity contribution is -0.151. The first kappa shape index (κ1) is 23.8. The summed E-state index contributed by atoms with van der Waals surface area (Å²) in [5, 5.41) is 2.62. The first-order valence-corrected chi connectivity index (χ1v) is 10.6. The van der Waals surface area contributed by atoms with Crippen LogP contribution in [0.3, 0.4) is 0 Å². The molecule has 1 heterocycles. The predicted octanol–water partition coefficient (Wildman–Crippen LogP) is 2.80. The Kier molecular flexibility index (Phi) is 8.01. The molecule has 3 rings (SSSR count). The molecule has 1 unspecified atom stereocenters. The van der Waals surface area contributed by atoms with E-state index in [9.17, 15) is 19.2 Å². The predicted molar refractivity (Wildman–Crippen MR) is 120 cm³/mol. The third-order valence-electron chi connectivity index (χ3n) is 5.04. The van der Waals surface area contributed by atoms with E-state index < -0.39 is 30.4 Å². The quantitative estimate of drug-likeness (QED) is 0.580. The Hall–Kier alpha value is -3.88. The summed E-state index contributed by atoms with van der Waals surface area (Å²) in [4.78, 5) is 50.4. The summed E-state index contributed by atoms with van der Waals surface area (Å²) in [6.45, 7) is 1.90. The van der Waals surface area contributed by atoms with Gasteiger partial charge >= 0.3 is 11.9 Å². The van der Waals surface area contributed by atoms with Gasteiger partial charge in [-0.25, -0.2) is 4.79 Å². The van der Waals surface area contributed by atoms with Crippen LogP contribution in [0.5, 0.6) is 5.75 Å². The van der Waals surface area contributed by atoms with Gasteiger partial charge in [-0.2, -0.15) is 0 Å². The van der Waals surface area contributed by atoms with Crippen molar-refractivity contribution < 1.29 is 33.4 Å². The number of hydrogen-bond donors (Lipinski definition) is 1. The van der Waals surface area contributed by atoms with E-state index in [1.165, 1.54) is 12.0 Å². The Bertz CT molecular complexity index is 1020. The van der Waals surface area contributed by atoms with Gasteiger partial charge in [-0.15, -0.1) is 0 Å². The van der Waals surface area contributed by atoms with E-state index in [-0.39, 0.29) is 18.9 Å². The van der Waals surface area contributed by atoms with Gasteiger partial charge in [0.15, 0.2) is 6.61 Å².